The van der Waals surface area contributed by atoms with E-state index in [9.17, 15) is 9.59 Å². The molecule has 2 amide bonds. The summed E-state index contributed by atoms with van der Waals surface area (Å²) in [4.78, 5) is 29.9. The van der Waals surface area contributed by atoms with E-state index in [0.29, 0.717) is 11.0 Å². The lowest BCUT2D eigenvalue weighted by Crippen LogP contribution is -2.43. The fourth-order valence-corrected chi connectivity index (χ4v) is 4.43. The molecule has 132 valence electrons. The van der Waals surface area contributed by atoms with Crippen molar-refractivity contribution in [2.24, 2.45) is 5.92 Å². The van der Waals surface area contributed by atoms with Crippen molar-refractivity contribution >= 4 is 28.3 Å². The fourth-order valence-electron chi connectivity index (χ4n) is 3.44. The summed E-state index contributed by atoms with van der Waals surface area (Å²) >= 11 is 1.55. The van der Waals surface area contributed by atoms with Gasteiger partial charge in [0.15, 0.2) is 5.13 Å². The quantitative estimate of drug-likeness (QED) is 0.760. The van der Waals surface area contributed by atoms with Crippen molar-refractivity contribution in [3.63, 3.8) is 0 Å². The van der Waals surface area contributed by atoms with Gasteiger partial charge in [0.05, 0.1) is 0 Å². The van der Waals surface area contributed by atoms with Crippen LogP contribution >= 0.6 is 11.3 Å². The van der Waals surface area contributed by atoms with E-state index >= 15 is 0 Å². The number of thiazole rings is 1. The summed E-state index contributed by atoms with van der Waals surface area (Å²) in [5, 5.41) is 9.64. The second kappa shape index (κ2) is 8.07. The molecule has 1 unspecified atom stereocenters. The first-order chi connectivity index (χ1) is 11.6. The lowest BCUT2D eigenvalue weighted by molar-refractivity contribution is -0.128. The van der Waals surface area contributed by atoms with Gasteiger partial charge >= 0.3 is 0 Å². The van der Waals surface area contributed by atoms with Crippen LogP contribution in [-0.2, 0) is 9.59 Å². The molecule has 0 aromatic carbocycles. The Morgan fingerprint density at radius 3 is 2.67 bits per heavy atom. The molecule has 1 aliphatic heterocycles. The van der Waals surface area contributed by atoms with E-state index in [1.54, 1.807) is 18.3 Å². The monoisotopic (exact) mass is 350 g/mol. The van der Waals surface area contributed by atoms with Gasteiger partial charge in [-0.1, -0.05) is 12.8 Å². The zero-order valence-corrected chi connectivity index (χ0v) is 15.0. The molecular formula is C17H26N4O2S. The highest BCUT2D eigenvalue weighted by Gasteiger charge is 2.26. The van der Waals surface area contributed by atoms with E-state index in [4.69, 9.17) is 0 Å². The first kappa shape index (κ1) is 17.4. The van der Waals surface area contributed by atoms with Crippen LogP contribution in [0.1, 0.15) is 56.2 Å². The Labute approximate surface area is 146 Å². The van der Waals surface area contributed by atoms with Crippen molar-refractivity contribution < 1.29 is 9.59 Å². The van der Waals surface area contributed by atoms with Crippen molar-refractivity contribution in [2.45, 2.75) is 57.4 Å². The number of nitrogens with zero attached hydrogens (tertiary/aromatic N) is 1. The van der Waals surface area contributed by atoms with E-state index in [0.717, 1.165) is 51.6 Å². The lowest BCUT2D eigenvalue weighted by atomic mass is 9.97. The van der Waals surface area contributed by atoms with E-state index in [-0.39, 0.29) is 17.7 Å². The second-order valence-corrected chi connectivity index (χ2v) is 7.86. The zero-order valence-electron chi connectivity index (χ0n) is 14.1. The summed E-state index contributed by atoms with van der Waals surface area (Å²) in [7, 11) is 0. The summed E-state index contributed by atoms with van der Waals surface area (Å²) in [6.45, 7) is 3.80. The summed E-state index contributed by atoms with van der Waals surface area (Å²) in [5.41, 5.74) is 0. The minimum Gasteiger partial charge on any atom is -0.344 e. The first-order valence-corrected chi connectivity index (χ1v) is 9.73. The molecular weight excluding hydrogens is 324 g/mol. The van der Waals surface area contributed by atoms with E-state index < -0.39 is 6.04 Å². The van der Waals surface area contributed by atoms with Crippen LogP contribution in [0.4, 0.5) is 5.13 Å². The maximum atomic E-state index is 12.3. The minimum absolute atomic E-state index is 0.00434. The van der Waals surface area contributed by atoms with Gasteiger partial charge in [0.2, 0.25) is 11.8 Å². The standard InChI is InChI=1S/C17H26N4O2S/c1-11(20-16(23)13-4-2-3-5-13)15(22)21-17-19-10-14(24-17)12-6-8-18-9-7-12/h10-13,18H,2-9H2,1H3,(H,20,23)(H,19,21,22). The molecule has 2 fully saturated rings. The second-order valence-electron chi connectivity index (χ2n) is 6.79. The number of hydrogen-bond donors (Lipinski definition) is 3. The van der Waals surface area contributed by atoms with Crippen molar-refractivity contribution in [2.75, 3.05) is 18.4 Å². The summed E-state index contributed by atoms with van der Waals surface area (Å²) in [6.07, 6.45) is 8.19. The zero-order chi connectivity index (χ0) is 16.9. The van der Waals surface area contributed by atoms with Crippen LogP contribution in [0.15, 0.2) is 6.20 Å². The molecule has 1 aromatic heterocycles. The highest BCUT2D eigenvalue weighted by atomic mass is 32.1. The maximum absolute atomic E-state index is 12.3. The molecule has 0 spiro atoms. The number of carbonyl (C=O) groups is 2. The van der Waals surface area contributed by atoms with Gasteiger partial charge in [-0.15, -0.1) is 11.3 Å². The Morgan fingerprint density at radius 1 is 1.25 bits per heavy atom. The highest BCUT2D eigenvalue weighted by molar-refractivity contribution is 7.15. The molecule has 0 radical (unpaired) electrons. The molecule has 3 N–H and O–H groups in total. The third-order valence-corrected chi connectivity index (χ3v) is 6.05. The normalized spacial score (nSPS) is 20.7. The van der Waals surface area contributed by atoms with E-state index in [2.05, 4.69) is 20.9 Å². The third kappa shape index (κ3) is 4.33. The molecule has 24 heavy (non-hydrogen) atoms. The average molecular weight is 350 g/mol. The Balaban J connectivity index is 1.50. The predicted octanol–water partition coefficient (Wildman–Crippen LogP) is 2.24. The Morgan fingerprint density at radius 2 is 1.96 bits per heavy atom. The fraction of sp³-hybridized carbons (Fsp3) is 0.706. The van der Waals surface area contributed by atoms with Crippen molar-refractivity contribution in [1.29, 1.82) is 0 Å². The molecule has 2 heterocycles. The smallest absolute Gasteiger partial charge is 0.248 e. The van der Waals surface area contributed by atoms with Gasteiger partial charge < -0.3 is 16.0 Å². The van der Waals surface area contributed by atoms with E-state index in [1.807, 2.05) is 6.20 Å². The third-order valence-electron chi connectivity index (χ3n) is 4.97. The van der Waals surface area contributed by atoms with Gasteiger partial charge in [0.1, 0.15) is 6.04 Å². The topological polar surface area (TPSA) is 83.1 Å². The van der Waals surface area contributed by atoms with Crippen LogP contribution < -0.4 is 16.0 Å². The first-order valence-electron chi connectivity index (χ1n) is 8.91. The molecule has 1 saturated heterocycles. The van der Waals surface area contributed by atoms with Gasteiger partial charge in [-0.3, -0.25) is 9.59 Å². The van der Waals surface area contributed by atoms with Crippen molar-refractivity contribution in [1.82, 2.24) is 15.6 Å². The number of anilines is 1. The van der Waals surface area contributed by atoms with Gasteiger partial charge in [-0.25, -0.2) is 4.98 Å². The van der Waals surface area contributed by atoms with Gasteiger partial charge in [-0.2, -0.15) is 0 Å². The molecule has 3 rings (SSSR count). The minimum atomic E-state index is -0.538. The molecule has 1 aliphatic carbocycles. The number of amides is 2. The molecule has 2 aliphatic rings. The average Bonchev–Trinajstić information content (AvgIpc) is 3.27. The predicted molar refractivity (Wildman–Crippen MR) is 95.2 cm³/mol. The Kier molecular flexibility index (Phi) is 5.84. The highest BCUT2D eigenvalue weighted by Crippen LogP contribution is 2.31. The molecule has 7 heteroatoms. The number of nitrogens with one attached hydrogen (secondary N) is 3. The van der Waals surface area contributed by atoms with Crippen LogP contribution in [-0.4, -0.2) is 35.9 Å². The largest absolute Gasteiger partial charge is 0.344 e. The van der Waals surface area contributed by atoms with Gasteiger partial charge in [0.25, 0.3) is 0 Å². The van der Waals surface area contributed by atoms with E-state index in [1.165, 1.54) is 4.88 Å². The van der Waals surface area contributed by atoms with Gasteiger partial charge in [-0.05, 0) is 51.6 Å². The van der Waals surface area contributed by atoms with Crippen molar-refractivity contribution in [3.8, 4) is 0 Å². The number of piperidine rings is 1. The lowest BCUT2D eigenvalue weighted by Gasteiger charge is -2.20. The van der Waals surface area contributed by atoms with Crippen LogP contribution in [0.5, 0.6) is 0 Å². The van der Waals surface area contributed by atoms with Crippen molar-refractivity contribution in [3.05, 3.63) is 11.1 Å². The molecule has 0 bridgehead atoms. The molecule has 1 saturated carbocycles. The summed E-state index contributed by atoms with van der Waals surface area (Å²) in [6, 6.07) is -0.538. The molecule has 6 nitrogen and oxygen atoms in total. The molecule has 1 aromatic rings. The van der Waals surface area contributed by atoms with Gasteiger partial charge in [0, 0.05) is 17.0 Å². The SMILES string of the molecule is CC(NC(=O)C1CCCC1)C(=O)Nc1ncc(C2CCNCC2)s1. The molecule has 1 atom stereocenters. The number of rotatable bonds is 5. The van der Waals surface area contributed by atoms with Crippen LogP contribution in [0.3, 0.4) is 0 Å². The number of carbonyl (C=O) groups excluding carboxylic acids is 2. The van der Waals surface area contributed by atoms with Crippen LogP contribution in [0.2, 0.25) is 0 Å². The maximum Gasteiger partial charge on any atom is 0.248 e. The summed E-state index contributed by atoms with van der Waals surface area (Å²) < 4.78 is 0. The Hall–Kier alpha value is -1.47. The number of aromatic nitrogens is 1. The van der Waals surface area contributed by atoms with Crippen LogP contribution in [0, 0.1) is 5.92 Å². The summed E-state index contributed by atoms with van der Waals surface area (Å²) in [5.74, 6) is 0.415. The number of hydrogen-bond acceptors (Lipinski definition) is 5. The Bertz CT molecular complexity index is 577. The van der Waals surface area contributed by atoms with Crippen LogP contribution in [0.25, 0.3) is 0 Å².